The van der Waals surface area contributed by atoms with Gasteiger partial charge in [0.2, 0.25) is 0 Å². The van der Waals surface area contributed by atoms with Crippen molar-refractivity contribution in [2.75, 3.05) is 26.8 Å². The summed E-state index contributed by atoms with van der Waals surface area (Å²) in [5, 5.41) is 24.3. The van der Waals surface area contributed by atoms with Crippen LogP contribution in [0.25, 0.3) is 0 Å². The largest absolute Gasteiger partial charge is 0.497 e. The molecule has 8 heteroatoms. The topological polar surface area (TPSA) is 103 Å². The van der Waals surface area contributed by atoms with E-state index in [1.807, 2.05) is 30.3 Å². The monoisotopic (exact) mass is 464 g/mol. The fourth-order valence-corrected chi connectivity index (χ4v) is 4.13. The summed E-state index contributed by atoms with van der Waals surface area (Å²) in [4.78, 5) is 10.3. The third kappa shape index (κ3) is 5.65. The van der Waals surface area contributed by atoms with Crippen LogP contribution in [-0.4, -0.2) is 42.9 Å². The molecule has 0 saturated heterocycles. The van der Waals surface area contributed by atoms with Gasteiger partial charge < -0.3 is 24.6 Å². The highest BCUT2D eigenvalue weighted by atomic mass is 16.6. The molecule has 0 spiro atoms. The normalized spacial score (nSPS) is 15.3. The lowest BCUT2D eigenvalue weighted by Crippen LogP contribution is -2.32. The molecule has 1 aliphatic heterocycles. The van der Waals surface area contributed by atoms with E-state index in [4.69, 9.17) is 14.2 Å². The molecule has 2 unspecified atom stereocenters. The summed E-state index contributed by atoms with van der Waals surface area (Å²) in [6.45, 7) is 1.66. The van der Waals surface area contributed by atoms with Crippen molar-refractivity contribution in [3.05, 3.63) is 93.5 Å². The number of nitrogens with one attached hydrogen (secondary N) is 1. The molecule has 3 aromatic rings. The highest BCUT2D eigenvalue weighted by molar-refractivity contribution is 5.49. The molecular weight excluding hydrogens is 436 g/mol. The Morgan fingerprint density at radius 1 is 1.12 bits per heavy atom. The minimum Gasteiger partial charge on any atom is -0.497 e. The number of hydrogen-bond acceptors (Lipinski definition) is 7. The van der Waals surface area contributed by atoms with Crippen LogP contribution in [0.3, 0.4) is 0 Å². The number of fused-ring (bicyclic) bond motifs is 2. The predicted octanol–water partition coefficient (Wildman–Crippen LogP) is 4.05. The van der Waals surface area contributed by atoms with Gasteiger partial charge in [0.25, 0.3) is 5.69 Å². The molecule has 4 rings (SSSR count). The zero-order chi connectivity index (χ0) is 23.9. The van der Waals surface area contributed by atoms with Crippen molar-refractivity contribution in [3.63, 3.8) is 0 Å². The van der Waals surface area contributed by atoms with Crippen LogP contribution in [-0.2, 0) is 6.61 Å². The van der Waals surface area contributed by atoms with Crippen LogP contribution in [0.1, 0.15) is 29.0 Å². The molecule has 34 heavy (non-hydrogen) atoms. The zero-order valence-corrected chi connectivity index (χ0v) is 19.0. The third-order valence-electron chi connectivity index (χ3n) is 5.89. The van der Waals surface area contributed by atoms with Crippen LogP contribution in [0.15, 0.2) is 66.7 Å². The van der Waals surface area contributed by atoms with Gasteiger partial charge in [-0.3, -0.25) is 10.1 Å². The van der Waals surface area contributed by atoms with Gasteiger partial charge in [-0.15, -0.1) is 0 Å². The van der Waals surface area contributed by atoms with Crippen molar-refractivity contribution < 1.29 is 24.2 Å². The molecule has 1 heterocycles. The van der Waals surface area contributed by atoms with Crippen molar-refractivity contribution in [1.29, 1.82) is 0 Å². The number of nitrogens with zero attached hydrogens (tertiary/aromatic N) is 1. The van der Waals surface area contributed by atoms with E-state index in [-0.39, 0.29) is 18.2 Å². The first-order valence-corrected chi connectivity index (χ1v) is 11.2. The fraction of sp³-hybridized carbons (Fsp3) is 0.308. The van der Waals surface area contributed by atoms with Crippen LogP contribution in [0.4, 0.5) is 5.69 Å². The predicted molar refractivity (Wildman–Crippen MR) is 128 cm³/mol. The van der Waals surface area contributed by atoms with Gasteiger partial charge in [-0.05, 0) is 54.4 Å². The molecule has 0 amide bonds. The molecule has 0 aromatic heterocycles. The Labute approximate surface area is 198 Å². The lowest BCUT2D eigenvalue weighted by atomic mass is 9.86. The lowest BCUT2D eigenvalue weighted by Gasteiger charge is -2.20. The van der Waals surface area contributed by atoms with Crippen molar-refractivity contribution in [3.8, 4) is 17.2 Å². The quantitative estimate of drug-likeness (QED) is 0.265. The Morgan fingerprint density at radius 2 is 1.88 bits per heavy atom. The maximum Gasteiger partial charge on any atom is 0.269 e. The SMILES string of the molecule is COc1ccc2c(c1)C(CCNCC(O)COc1ccc([N+](=O)[O-])cc1)c1ccccc1CO2. The summed E-state index contributed by atoms with van der Waals surface area (Å²) in [6.07, 6.45) is 0.101. The minimum atomic E-state index is -0.715. The van der Waals surface area contributed by atoms with Gasteiger partial charge in [-0.25, -0.2) is 0 Å². The van der Waals surface area contributed by atoms with Gasteiger partial charge >= 0.3 is 0 Å². The molecule has 2 atom stereocenters. The van der Waals surface area contributed by atoms with Gasteiger partial charge in [-0.1, -0.05) is 24.3 Å². The average Bonchev–Trinajstić information content (AvgIpc) is 3.02. The molecule has 0 fully saturated rings. The summed E-state index contributed by atoms with van der Waals surface area (Å²) < 4.78 is 17.1. The number of hydrogen-bond donors (Lipinski definition) is 2. The third-order valence-corrected chi connectivity index (χ3v) is 5.89. The summed E-state index contributed by atoms with van der Waals surface area (Å²) >= 11 is 0. The van der Waals surface area contributed by atoms with Crippen molar-refractivity contribution in [2.24, 2.45) is 0 Å². The Hall–Kier alpha value is -3.62. The number of non-ortho nitro benzene ring substituents is 1. The van der Waals surface area contributed by atoms with E-state index in [1.165, 1.54) is 35.4 Å². The van der Waals surface area contributed by atoms with E-state index in [0.717, 1.165) is 23.5 Å². The Morgan fingerprint density at radius 3 is 2.65 bits per heavy atom. The molecule has 3 aromatic carbocycles. The smallest absolute Gasteiger partial charge is 0.269 e. The van der Waals surface area contributed by atoms with Gasteiger partial charge in [0.05, 0.1) is 12.0 Å². The van der Waals surface area contributed by atoms with Crippen molar-refractivity contribution in [2.45, 2.75) is 25.0 Å². The van der Waals surface area contributed by atoms with Gasteiger partial charge in [0.1, 0.15) is 36.6 Å². The second-order valence-electron chi connectivity index (χ2n) is 8.15. The Balaban J connectivity index is 1.33. The molecule has 8 nitrogen and oxygen atoms in total. The number of methoxy groups -OCH3 is 1. The number of nitro benzene ring substituents is 1. The molecule has 2 N–H and O–H groups in total. The average molecular weight is 465 g/mol. The van der Waals surface area contributed by atoms with Crippen LogP contribution in [0, 0.1) is 10.1 Å². The first-order chi connectivity index (χ1) is 16.5. The molecular formula is C26H28N2O6. The summed E-state index contributed by atoms with van der Waals surface area (Å²) in [5.74, 6) is 2.26. The van der Waals surface area contributed by atoms with E-state index >= 15 is 0 Å². The summed E-state index contributed by atoms with van der Waals surface area (Å²) in [7, 11) is 1.66. The van der Waals surface area contributed by atoms with Crippen LogP contribution < -0.4 is 19.5 Å². The number of aliphatic hydroxyl groups is 1. The van der Waals surface area contributed by atoms with Crippen molar-refractivity contribution >= 4 is 5.69 Å². The maximum absolute atomic E-state index is 10.7. The molecule has 178 valence electrons. The summed E-state index contributed by atoms with van der Waals surface area (Å²) in [6, 6.07) is 20.0. The Kier molecular flexibility index (Phi) is 7.61. The number of benzene rings is 3. The molecule has 1 aliphatic rings. The first-order valence-electron chi connectivity index (χ1n) is 11.2. The van der Waals surface area contributed by atoms with Gasteiger partial charge in [0, 0.05) is 30.2 Å². The lowest BCUT2D eigenvalue weighted by molar-refractivity contribution is -0.384. The number of nitro groups is 1. The minimum absolute atomic E-state index is 0.000699. The van der Waals surface area contributed by atoms with E-state index in [9.17, 15) is 15.2 Å². The van der Waals surface area contributed by atoms with Gasteiger partial charge in [-0.2, -0.15) is 0 Å². The molecule has 0 bridgehead atoms. The number of rotatable bonds is 10. The number of ether oxygens (including phenoxy) is 3. The second kappa shape index (κ2) is 11.0. The zero-order valence-electron chi connectivity index (χ0n) is 19.0. The number of aliphatic hydroxyl groups excluding tert-OH is 1. The molecule has 0 saturated carbocycles. The van der Waals surface area contributed by atoms with E-state index in [0.29, 0.717) is 25.4 Å². The molecule has 0 radical (unpaired) electrons. The van der Waals surface area contributed by atoms with Crippen LogP contribution in [0.5, 0.6) is 17.2 Å². The van der Waals surface area contributed by atoms with Crippen LogP contribution >= 0.6 is 0 Å². The Bertz CT molecular complexity index is 1120. The molecule has 0 aliphatic carbocycles. The fourth-order valence-electron chi connectivity index (χ4n) is 4.13. The maximum atomic E-state index is 10.7. The summed E-state index contributed by atoms with van der Waals surface area (Å²) in [5.41, 5.74) is 3.49. The van der Waals surface area contributed by atoms with E-state index < -0.39 is 11.0 Å². The van der Waals surface area contributed by atoms with Crippen molar-refractivity contribution in [1.82, 2.24) is 5.32 Å². The first kappa shape index (κ1) is 23.5. The van der Waals surface area contributed by atoms with E-state index in [1.54, 1.807) is 7.11 Å². The second-order valence-corrected chi connectivity index (χ2v) is 8.15. The standard InChI is InChI=1S/C26H28N2O6/c1-32-22-10-11-26-25(14-22)24(23-5-3-2-4-18(23)16-34-26)12-13-27-15-20(29)17-33-21-8-6-19(7-9-21)28(30)31/h2-11,14,20,24,27,29H,12-13,15-17H2,1H3. The highest BCUT2D eigenvalue weighted by Gasteiger charge is 2.25. The van der Waals surface area contributed by atoms with Gasteiger partial charge in [0.15, 0.2) is 0 Å². The van der Waals surface area contributed by atoms with E-state index in [2.05, 4.69) is 17.4 Å². The highest BCUT2D eigenvalue weighted by Crippen LogP contribution is 2.40. The van der Waals surface area contributed by atoms with Crippen LogP contribution in [0.2, 0.25) is 0 Å².